The molecule has 2 atom stereocenters. The highest BCUT2D eigenvalue weighted by Crippen LogP contribution is 2.41. The van der Waals surface area contributed by atoms with E-state index in [4.69, 9.17) is 26.8 Å². The van der Waals surface area contributed by atoms with Crippen LogP contribution in [-0.4, -0.2) is 30.1 Å². The number of aromatic amines is 1. The van der Waals surface area contributed by atoms with Gasteiger partial charge in [0.1, 0.15) is 6.61 Å². The number of carbonyl (C=O) groups is 1. The van der Waals surface area contributed by atoms with Crippen LogP contribution in [0.2, 0.25) is 5.02 Å². The quantitative estimate of drug-likeness (QED) is 0.619. The van der Waals surface area contributed by atoms with Crippen LogP contribution in [0.4, 0.5) is 5.69 Å². The summed E-state index contributed by atoms with van der Waals surface area (Å²) in [6, 6.07) is 11.7. The van der Waals surface area contributed by atoms with Crippen molar-refractivity contribution in [3.8, 4) is 11.5 Å². The first kappa shape index (κ1) is 19.8. The van der Waals surface area contributed by atoms with Gasteiger partial charge >= 0.3 is 0 Å². The number of para-hydroxylation sites is 1. The molecule has 0 saturated heterocycles. The molecule has 5 rings (SSSR count). The summed E-state index contributed by atoms with van der Waals surface area (Å²) in [5, 5.41) is 1.99. The molecule has 2 aliphatic rings. The number of nitrogens with one attached hydrogen (secondary N) is 1. The third kappa shape index (κ3) is 3.95. The summed E-state index contributed by atoms with van der Waals surface area (Å²) in [4.78, 5) is 16.9. The molecule has 31 heavy (non-hydrogen) atoms. The standard InChI is InChI=1S/C24H24ClN3O3/c25-17-6-7-18-16(13-27-19(18)12-17)5-4-15-8-10-28(11-9-15)20-2-1-3-21-23(20)30-14-22(31-21)24(26)29/h1-3,6-8,10,12-13,15,22,27H,4-5,9,11,14H2,(H2,26,29). The largest absolute Gasteiger partial charge is 0.483 e. The van der Waals surface area contributed by atoms with Crippen LogP contribution in [-0.2, 0) is 11.2 Å². The summed E-state index contributed by atoms with van der Waals surface area (Å²) < 4.78 is 11.5. The Labute approximate surface area is 185 Å². The molecule has 0 saturated carbocycles. The summed E-state index contributed by atoms with van der Waals surface area (Å²) in [5.74, 6) is 1.22. The maximum absolute atomic E-state index is 11.4. The van der Waals surface area contributed by atoms with E-state index < -0.39 is 12.0 Å². The number of anilines is 1. The van der Waals surface area contributed by atoms with Gasteiger partial charge in [-0.05, 0) is 55.0 Å². The fourth-order valence-corrected chi connectivity index (χ4v) is 4.48. The molecule has 0 spiro atoms. The van der Waals surface area contributed by atoms with Gasteiger partial charge in [0, 0.05) is 34.9 Å². The van der Waals surface area contributed by atoms with E-state index in [1.54, 1.807) is 6.07 Å². The number of hydrogen-bond acceptors (Lipinski definition) is 4. The Hall–Kier alpha value is -3.12. The topological polar surface area (TPSA) is 80.6 Å². The lowest BCUT2D eigenvalue weighted by molar-refractivity contribution is -0.126. The van der Waals surface area contributed by atoms with Crippen molar-refractivity contribution in [2.45, 2.75) is 25.4 Å². The molecular weight excluding hydrogens is 414 g/mol. The first-order valence-electron chi connectivity index (χ1n) is 10.5. The summed E-state index contributed by atoms with van der Waals surface area (Å²) in [7, 11) is 0. The third-order valence-corrected chi connectivity index (χ3v) is 6.26. The molecule has 2 aromatic carbocycles. The fourth-order valence-electron chi connectivity index (χ4n) is 4.30. The van der Waals surface area contributed by atoms with Gasteiger partial charge < -0.3 is 25.1 Å². The lowest BCUT2D eigenvalue weighted by Gasteiger charge is -2.32. The molecule has 3 N–H and O–H groups in total. The SMILES string of the molecule is NC(=O)C1COc2c(cccc2N2C=CC(CCc3c[nH]c4cc(Cl)ccc34)CC2)O1. The summed E-state index contributed by atoms with van der Waals surface area (Å²) >= 11 is 6.09. The number of hydrogen-bond donors (Lipinski definition) is 2. The molecule has 0 fully saturated rings. The van der Waals surface area contributed by atoms with Crippen molar-refractivity contribution in [2.75, 3.05) is 18.1 Å². The van der Waals surface area contributed by atoms with Crippen LogP contribution in [0.25, 0.3) is 10.9 Å². The molecule has 3 heterocycles. The highest BCUT2D eigenvalue weighted by atomic mass is 35.5. The van der Waals surface area contributed by atoms with Crippen LogP contribution >= 0.6 is 11.6 Å². The Morgan fingerprint density at radius 2 is 2.19 bits per heavy atom. The molecule has 1 amide bonds. The van der Waals surface area contributed by atoms with Crippen molar-refractivity contribution in [2.24, 2.45) is 11.7 Å². The molecule has 6 nitrogen and oxygen atoms in total. The molecule has 0 radical (unpaired) electrons. The predicted molar refractivity (Wildman–Crippen MR) is 122 cm³/mol. The van der Waals surface area contributed by atoms with Gasteiger partial charge in [-0.1, -0.05) is 29.8 Å². The smallest absolute Gasteiger partial charge is 0.262 e. The molecule has 160 valence electrons. The second kappa shape index (κ2) is 8.19. The number of rotatable bonds is 5. The van der Waals surface area contributed by atoms with E-state index in [0.717, 1.165) is 42.0 Å². The van der Waals surface area contributed by atoms with E-state index in [9.17, 15) is 4.79 Å². The number of aromatic nitrogens is 1. The van der Waals surface area contributed by atoms with Crippen LogP contribution in [0.3, 0.4) is 0 Å². The minimum atomic E-state index is -0.746. The number of allylic oxidation sites excluding steroid dienone is 1. The van der Waals surface area contributed by atoms with E-state index in [0.29, 0.717) is 17.4 Å². The first-order chi connectivity index (χ1) is 15.1. The maximum Gasteiger partial charge on any atom is 0.262 e. The average molecular weight is 438 g/mol. The van der Waals surface area contributed by atoms with E-state index in [-0.39, 0.29) is 6.61 Å². The Morgan fingerprint density at radius 3 is 3.00 bits per heavy atom. The Bertz CT molecular complexity index is 1160. The van der Waals surface area contributed by atoms with Crippen molar-refractivity contribution >= 4 is 34.1 Å². The van der Waals surface area contributed by atoms with Crippen LogP contribution < -0.4 is 20.1 Å². The van der Waals surface area contributed by atoms with Gasteiger partial charge in [-0.15, -0.1) is 0 Å². The number of carbonyl (C=O) groups excluding carboxylic acids is 1. The number of nitrogens with two attached hydrogens (primary N) is 1. The number of ether oxygens (including phenoxy) is 2. The third-order valence-electron chi connectivity index (χ3n) is 6.03. The molecule has 2 unspecified atom stereocenters. The van der Waals surface area contributed by atoms with Crippen molar-refractivity contribution in [1.82, 2.24) is 4.98 Å². The minimum absolute atomic E-state index is 0.134. The number of amides is 1. The lowest BCUT2D eigenvalue weighted by atomic mass is 9.94. The normalized spacial score (nSPS) is 20.2. The van der Waals surface area contributed by atoms with Gasteiger partial charge in [0.15, 0.2) is 11.5 Å². The van der Waals surface area contributed by atoms with E-state index >= 15 is 0 Å². The van der Waals surface area contributed by atoms with Gasteiger partial charge in [-0.2, -0.15) is 0 Å². The number of H-pyrrole nitrogens is 1. The predicted octanol–water partition coefficient (Wildman–Crippen LogP) is 4.42. The molecule has 0 aliphatic carbocycles. The second-order valence-electron chi connectivity index (χ2n) is 8.05. The summed E-state index contributed by atoms with van der Waals surface area (Å²) in [5.41, 5.74) is 8.71. The molecule has 2 aliphatic heterocycles. The zero-order chi connectivity index (χ0) is 21.4. The molecule has 7 heteroatoms. The van der Waals surface area contributed by atoms with E-state index in [1.807, 2.05) is 24.3 Å². The number of aryl methyl sites for hydroxylation is 1. The van der Waals surface area contributed by atoms with Gasteiger partial charge in [-0.3, -0.25) is 4.79 Å². The fraction of sp³-hybridized carbons (Fsp3) is 0.292. The number of halogens is 1. The van der Waals surface area contributed by atoms with Crippen molar-refractivity contribution in [3.63, 3.8) is 0 Å². The van der Waals surface area contributed by atoms with E-state index in [1.165, 1.54) is 10.9 Å². The highest BCUT2D eigenvalue weighted by molar-refractivity contribution is 6.31. The van der Waals surface area contributed by atoms with Crippen LogP contribution in [0.15, 0.2) is 54.9 Å². The van der Waals surface area contributed by atoms with E-state index in [2.05, 4.69) is 34.4 Å². The highest BCUT2D eigenvalue weighted by Gasteiger charge is 2.29. The molecular formula is C24H24ClN3O3. The van der Waals surface area contributed by atoms with Gasteiger partial charge in [-0.25, -0.2) is 0 Å². The van der Waals surface area contributed by atoms with Gasteiger partial charge in [0.05, 0.1) is 5.69 Å². The van der Waals surface area contributed by atoms with Gasteiger partial charge in [0.2, 0.25) is 6.10 Å². The number of fused-ring (bicyclic) bond motifs is 2. The van der Waals surface area contributed by atoms with Crippen molar-refractivity contribution in [3.05, 3.63) is 65.5 Å². The van der Waals surface area contributed by atoms with Crippen molar-refractivity contribution < 1.29 is 14.3 Å². The molecule has 1 aromatic heterocycles. The van der Waals surface area contributed by atoms with Gasteiger partial charge in [0.25, 0.3) is 5.91 Å². The molecule has 3 aromatic rings. The summed E-state index contributed by atoms with van der Waals surface area (Å²) in [6.45, 7) is 1.03. The van der Waals surface area contributed by atoms with Crippen molar-refractivity contribution in [1.29, 1.82) is 0 Å². The Kier molecular flexibility index (Phi) is 5.24. The number of nitrogens with zero attached hydrogens (tertiary/aromatic N) is 1. The maximum atomic E-state index is 11.4. The molecule has 0 bridgehead atoms. The minimum Gasteiger partial charge on any atom is -0.483 e. The Morgan fingerprint density at radius 1 is 1.29 bits per heavy atom. The van der Waals surface area contributed by atoms with Crippen LogP contribution in [0, 0.1) is 5.92 Å². The zero-order valence-electron chi connectivity index (χ0n) is 17.0. The Balaban J connectivity index is 1.25. The zero-order valence-corrected chi connectivity index (χ0v) is 17.8. The van der Waals surface area contributed by atoms with Crippen LogP contribution in [0.1, 0.15) is 18.4 Å². The summed E-state index contributed by atoms with van der Waals surface area (Å²) in [6.07, 6.45) is 8.90. The first-order valence-corrected chi connectivity index (χ1v) is 10.9. The number of benzene rings is 2. The number of primary amides is 1. The van der Waals surface area contributed by atoms with Crippen LogP contribution in [0.5, 0.6) is 11.5 Å². The monoisotopic (exact) mass is 437 g/mol. The second-order valence-corrected chi connectivity index (χ2v) is 8.49. The lowest BCUT2D eigenvalue weighted by Crippen LogP contribution is -2.41. The average Bonchev–Trinajstić information content (AvgIpc) is 3.19.